The van der Waals surface area contributed by atoms with Crippen LogP contribution < -0.4 is 5.32 Å². The van der Waals surface area contributed by atoms with Gasteiger partial charge in [0.1, 0.15) is 11.9 Å². The summed E-state index contributed by atoms with van der Waals surface area (Å²) in [4.78, 5) is 12.3. The molecule has 5 nitrogen and oxygen atoms in total. The van der Waals surface area contributed by atoms with Crippen molar-refractivity contribution >= 4 is 11.7 Å². The Hall–Kier alpha value is -3.60. The van der Waals surface area contributed by atoms with Gasteiger partial charge in [-0.2, -0.15) is 10.4 Å². The van der Waals surface area contributed by atoms with Crippen molar-refractivity contribution in [3.05, 3.63) is 82.8 Å². The van der Waals surface area contributed by atoms with E-state index in [1.54, 1.807) is 53.3 Å². The molecule has 1 heterocycles. The van der Waals surface area contributed by atoms with E-state index in [-0.39, 0.29) is 36.7 Å². The Morgan fingerprint density at radius 1 is 1.16 bits per heavy atom. The first-order valence-corrected chi connectivity index (χ1v) is 9.80. The summed E-state index contributed by atoms with van der Waals surface area (Å²) in [6.45, 7) is 0.292. The van der Waals surface area contributed by atoms with Crippen LogP contribution in [0.15, 0.2) is 54.7 Å². The molecule has 2 aromatic carbocycles. The summed E-state index contributed by atoms with van der Waals surface area (Å²) in [6.07, 6.45) is 1.55. The number of hydrogen-bond donors (Lipinski definition) is 1. The summed E-state index contributed by atoms with van der Waals surface area (Å²) in [5.74, 6) is -3.14. The predicted octanol–water partition coefficient (Wildman–Crippen LogP) is 4.64. The number of rotatable bonds is 6. The molecule has 0 radical (unpaired) electrons. The highest BCUT2D eigenvalue weighted by atomic mass is 19.3. The Bertz CT molecular complexity index is 1140. The molecule has 3 aromatic rings. The van der Waals surface area contributed by atoms with Gasteiger partial charge in [-0.1, -0.05) is 30.3 Å². The number of carbonyl (C=O) groups excluding carboxylic acids is 1. The molecule has 1 saturated carbocycles. The van der Waals surface area contributed by atoms with Crippen molar-refractivity contribution in [2.24, 2.45) is 0 Å². The first-order chi connectivity index (χ1) is 14.8. The molecular formula is C23H19F3N4O. The third-order valence-electron chi connectivity index (χ3n) is 5.31. The second-order valence-electron chi connectivity index (χ2n) is 7.75. The van der Waals surface area contributed by atoms with Crippen LogP contribution in [0.5, 0.6) is 0 Å². The van der Waals surface area contributed by atoms with Crippen molar-refractivity contribution in [2.45, 2.75) is 37.6 Å². The summed E-state index contributed by atoms with van der Waals surface area (Å²) in [6, 6.07) is 14.9. The SMILES string of the molecule is N#Cc1ccc(Cn2ccc(NC(=O)Cc3ccc(C4CC(F)(F)C4)cc3)n2)cc1F. The maximum Gasteiger partial charge on any atom is 0.249 e. The summed E-state index contributed by atoms with van der Waals surface area (Å²) in [5, 5.41) is 15.8. The van der Waals surface area contributed by atoms with Gasteiger partial charge in [0.25, 0.3) is 0 Å². The van der Waals surface area contributed by atoms with Gasteiger partial charge in [0, 0.05) is 25.1 Å². The van der Waals surface area contributed by atoms with Crippen LogP contribution in [0.1, 0.15) is 41.0 Å². The summed E-state index contributed by atoms with van der Waals surface area (Å²) < 4.78 is 41.3. The van der Waals surface area contributed by atoms with E-state index < -0.39 is 11.7 Å². The molecule has 8 heteroatoms. The van der Waals surface area contributed by atoms with E-state index in [9.17, 15) is 18.0 Å². The van der Waals surface area contributed by atoms with Crippen molar-refractivity contribution < 1.29 is 18.0 Å². The van der Waals surface area contributed by atoms with Crippen LogP contribution in [-0.4, -0.2) is 21.6 Å². The molecule has 1 fully saturated rings. The van der Waals surface area contributed by atoms with E-state index >= 15 is 0 Å². The van der Waals surface area contributed by atoms with Crippen molar-refractivity contribution in [3.8, 4) is 6.07 Å². The van der Waals surface area contributed by atoms with Gasteiger partial charge in [-0.3, -0.25) is 9.48 Å². The highest BCUT2D eigenvalue weighted by Gasteiger charge is 2.45. The van der Waals surface area contributed by atoms with Crippen LogP contribution >= 0.6 is 0 Å². The van der Waals surface area contributed by atoms with Gasteiger partial charge < -0.3 is 5.32 Å². The number of hydrogen-bond acceptors (Lipinski definition) is 3. The van der Waals surface area contributed by atoms with E-state index in [1.807, 2.05) is 0 Å². The van der Waals surface area contributed by atoms with Crippen LogP contribution in [0, 0.1) is 17.1 Å². The minimum atomic E-state index is -2.55. The van der Waals surface area contributed by atoms with E-state index in [1.165, 1.54) is 12.1 Å². The summed E-state index contributed by atoms with van der Waals surface area (Å²) >= 11 is 0. The van der Waals surface area contributed by atoms with E-state index in [2.05, 4.69) is 10.4 Å². The molecular weight excluding hydrogens is 405 g/mol. The van der Waals surface area contributed by atoms with Crippen LogP contribution in [0.4, 0.5) is 19.0 Å². The van der Waals surface area contributed by atoms with Crippen LogP contribution in [0.3, 0.4) is 0 Å². The summed E-state index contributed by atoms with van der Waals surface area (Å²) in [5.41, 5.74) is 2.27. The largest absolute Gasteiger partial charge is 0.309 e. The van der Waals surface area contributed by atoms with Crippen LogP contribution in [-0.2, 0) is 17.8 Å². The molecule has 0 unspecified atom stereocenters. The quantitative estimate of drug-likeness (QED) is 0.627. The Kier molecular flexibility index (Phi) is 5.51. The molecule has 158 valence electrons. The average molecular weight is 424 g/mol. The lowest BCUT2D eigenvalue weighted by molar-refractivity contribution is -0.115. The predicted molar refractivity (Wildman–Crippen MR) is 108 cm³/mol. The van der Waals surface area contributed by atoms with Crippen LogP contribution in [0.2, 0.25) is 0 Å². The first-order valence-electron chi connectivity index (χ1n) is 9.80. The molecule has 0 atom stereocenters. The highest BCUT2D eigenvalue weighted by molar-refractivity contribution is 5.91. The number of aromatic nitrogens is 2. The first kappa shape index (κ1) is 20.7. The Morgan fingerprint density at radius 2 is 1.87 bits per heavy atom. The number of halogens is 3. The normalized spacial score (nSPS) is 15.2. The molecule has 31 heavy (non-hydrogen) atoms. The zero-order chi connectivity index (χ0) is 22.0. The minimum absolute atomic E-state index is 0.0178. The molecule has 4 rings (SSSR count). The third-order valence-corrected chi connectivity index (χ3v) is 5.31. The second-order valence-corrected chi connectivity index (χ2v) is 7.75. The molecule has 1 N–H and O–H groups in total. The molecule has 1 aromatic heterocycles. The molecule has 1 aliphatic carbocycles. The Balaban J connectivity index is 1.31. The Labute approximate surface area is 177 Å². The molecule has 1 aliphatic rings. The number of nitriles is 1. The number of benzene rings is 2. The monoisotopic (exact) mass is 424 g/mol. The molecule has 0 aliphatic heterocycles. The summed E-state index contributed by atoms with van der Waals surface area (Å²) in [7, 11) is 0. The van der Waals surface area contributed by atoms with Crippen LogP contribution in [0.25, 0.3) is 0 Å². The topological polar surface area (TPSA) is 70.7 Å². The van der Waals surface area contributed by atoms with Gasteiger partial charge in [-0.15, -0.1) is 0 Å². The Morgan fingerprint density at radius 3 is 2.52 bits per heavy atom. The lowest BCUT2D eigenvalue weighted by atomic mass is 9.76. The number of anilines is 1. The minimum Gasteiger partial charge on any atom is -0.309 e. The smallest absolute Gasteiger partial charge is 0.249 e. The highest BCUT2D eigenvalue weighted by Crippen LogP contribution is 2.48. The lowest BCUT2D eigenvalue weighted by Gasteiger charge is -2.35. The number of nitrogens with zero attached hydrogens (tertiary/aromatic N) is 3. The van der Waals surface area contributed by atoms with E-state index in [4.69, 9.17) is 5.26 Å². The van der Waals surface area contributed by atoms with Crippen molar-refractivity contribution in [2.75, 3.05) is 5.32 Å². The number of carbonyl (C=O) groups is 1. The number of alkyl halides is 2. The van der Waals surface area contributed by atoms with Crippen molar-refractivity contribution in [3.63, 3.8) is 0 Å². The molecule has 1 amide bonds. The average Bonchev–Trinajstić information content (AvgIpc) is 3.13. The van der Waals surface area contributed by atoms with E-state index in [0.717, 1.165) is 11.1 Å². The zero-order valence-corrected chi connectivity index (χ0v) is 16.5. The van der Waals surface area contributed by atoms with Gasteiger partial charge >= 0.3 is 0 Å². The fourth-order valence-corrected chi connectivity index (χ4v) is 3.63. The van der Waals surface area contributed by atoms with Crippen molar-refractivity contribution in [1.82, 2.24) is 9.78 Å². The second kappa shape index (κ2) is 8.26. The van der Waals surface area contributed by atoms with Gasteiger partial charge in [0.05, 0.1) is 18.5 Å². The maximum absolute atomic E-state index is 13.7. The molecule has 0 spiro atoms. The number of nitrogens with one attached hydrogen (secondary N) is 1. The fourth-order valence-electron chi connectivity index (χ4n) is 3.63. The van der Waals surface area contributed by atoms with Gasteiger partial charge in [0.15, 0.2) is 5.82 Å². The number of amides is 1. The van der Waals surface area contributed by atoms with Gasteiger partial charge in [0.2, 0.25) is 11.8 Å². The van der Waals surface area contributed by atoms with Gasteiger partial charge in [-0.25, -0.2) is 13.2 Å². The fraction of sp³-hybridized carbons (Fsp3) is 0.261. The molecule has 0 saturated heterocycles. The van der Waals surface area contributed by atoms with E-state index in [0.29, 0.717) is 17.9 Å². The van der Waals surface area contributed by atoms with Gasteiger partial charge in [-0.05, 0) is 34.7 Å². The zero-order valence-electron chi connectivity index (χ0n) is 16.5. The third kappa shape index (κ3) is 4.94. The standard InChI is InChI=1S/C23H19F3N4O/c24-20-9-16(3-6-18(20)13-27)14-30-8-7-21(29-30)28-22(31)10-15-1-4-17(5-2-15)19-11-23(25,26)12-19/h1-9,19H,10-12,14H2,(H,28,29,31). The van der Waals surface area contributed by atoms with Crippen molar-refractivity contribution in [1.29, 1.82) is 5.26 Å². The maximum atomic E-state index is 13.7. The molecule has 0 bridgehead atoms. The lowest BCUT2D eigenvalue weighted by Crippen LogP contribution is -2.33.